The second kappa shape index (κ2) is 4.75. The van der Waals surface area contributed by atoms with Crippen LogP contribution in [-0.4, -0.2) is 35.3 Å². The zero-order valence-electron chi connectivity index (χ0n) is 10.3. The summed E-state index contributed by atoms with van der Waals surface area (Å²) in [7, 11) is 3.20. The first-order valence-corrected chi connectivity index (χ1v) is 5.84. The van der Waals surface area contributed by atoms with Gasteiger partial charge in [0.1, 0.15) is 5.82 Å². The van der Waals surface area contributed by atoms with E-state index in [-0.39, 0.29) is 11.2 Å². The van der Waals surface area contributed by atoms with Crippen LogP contribution in [0.5, 0.6) is 0 Å². The molecule has 0 saturated carbocycles. The van der Waals surface area contributed by atoms with Gasteiger partial charge >= 0.3 is 5.69 Å². The molecule has 6 heteroatoms. The molecule has 0 aliphatic carbocycles. The molecule has 0 unspecified atom stereocenters. The monoisotopic (exact) mass is 238 g/mol. The highest BCUT2D eigenvalue weighted by atomic mass is 16.2. The van der Waals surface area contributed by atoms with Crippen molar-refractivity contribution in [1.82, 2.24) is 14.5 Å². The van der Waals surface area contributed by atoms with E-state index in [0.29, 0.717) is 5.82 Å². The van der Waals surface area contributed by atoms with Crippen LogP contribution >= 0.6 is 0 Å². The van der Waals surface area contributed by atoms with Gasteiger partial charge in [-0.2, -0.15) is 0 Å². The lowest BCUT2D eigenvalue weighted by molar-refractivity contribution is 0.659. The van der Waals surface area contributed by atoms with Crippen LogP contribution in [0.1, 0.15) is 6.42 Å². The van der Waals surface area contributed by atoms with Gasteiger partial charge in [0.2, 0.25) is 0 Å². The largest absolute Gasteiger partial charge is 0.356 e. The number of aromatic nitrogens is 2. The van der Waals surface area contributed by atoms with E-state index >= 15 is 0 Å². The molecule has 1 fully saturated rings. The molecular weight excluding hydrogens is 220 g/mol. The van der Waals surface area contributed by atoms with Crippen molar-refractivity contribution in [3.05, 3.63) is 26.9 Å². The lowest BCUT2D eigenvalue weighted by Gasteiger charge is -2.24. The molecule has 1 saturated heterocycles. The predicted octanol–water partition coefficient (Wildman–Crippen LogP) is -1.12. The molecule has 1 N–H and O–H groups in total. The van der Waals surface area contributed by atoms with Gasteiger partial charge in [-0.15, -0.1) is 0 Å². The number of nitrogens with one attached hydrogen (secondary N) is 1. The molecule has 0 radical (unpaired) electrons. The maximum Gasteiger partial charge on any atom is 0.332 e. The van der Waals surface area contributed by atoms with Crippen LogP contribution in [-0.2, 0) is 14.1 Å². The molecule has 2 heterocycles. The maximum atomic E-state index is 11.8. The SMILES string of the molecule is Cn1c(N2CCCNCC2)cc(=O)n(C)c1=O. The van der Waals surface area contributed by atoms with Crippen molar-refractivity contribution in [1.29, 1.82) is 0 Å². The van der Waals surface area contributed by atoms with Gasteiger partial charge in [-0.1, -0.05) is 0 Å². The molecule has 94 valence electrons. The molecule has 2 rings (SSSR count). The second-order valence-corrected chi connectivity index (χ2v) is 4.33. The van der Waals surface area contributed by atoms with Gasteiger partial charge in [-0.05, 0) is 13.0 Å². The summed E-state index contributed by atoms with van der Waals surface area (Å²) in [5, 5.41) is 3.29. The average Bonchev–Trinajstić information content (AvgIpc) is 2.60. The third-order valence-electron chi connectivity index (χ3n) is 3.16. The summed E-state index contributed by atoms with van der Waals surface area (Å²) in [5.74, 6) is 0.710. The van der Waals surface area contributed by atoms with E-state index in [9.17, 15) is 9.59 Å². The fourth-order valence-electron chi connectivity index (χ4n) is 2.10. The molecule has 17 heavy (non-hydrogen) atoms. The van der Waals surface area contributed by atoms with Crippen molar-refractivity contribution in [3.63, 3.8) is 0 Å². The first-order valence-electron chi connectivity index (χ1n) is 5.84. The summed E-state index contributed by atoms with van der Waals surface area (Å²) >= 11 is 0. The molecule has 1 aromatic rings. The van der Waals surface area contributed by atoms with Gasteiger partial charge in [0.15, 0.2) is 0 Å². The molecule has 0 aromatic carbocycles. The van der Waals surface area contributed by atoms with E-state index in [2.05, 4.69) is 10.2 Å². The van der Waals surface area contributed by atoms with Crippen LogP contribution in [0.15, 0.2) is 15.7 Å². The summed E-state index contributed by atoms with van der Waals surface area (Å²) in [6.45, 7) is 3.55. The minimum Gasteiger partial charge on any atom is -0.356 e. The zero-order chi connectivity index (χ0) is 12.4. The standard InChI is InChI=1S/C11H18N4O2/c1-13-9(8-10(16)14(2)11(13)17)15-6-3-4-12-5-7-15/h8,12H,3-7H2,1-2H3. The average molecular weight is 238 g/mol. The van der Waals surface area contributed by atoms with Gasteiger partial charge in [-0.25, -0.2) is 4.79 Å². The zero-order valence-corrected chi connectivity index (χ0v) is 10.3. The minimum atomic E-state index is -0.273. The van der Waals surface area contributed by atoms with Crippen molar-refractivity contribution >= 4 is 5.82 Å². The van der Waals surface area contributed by atoms with E-state index in [1.54, 1.807) is 7.05 Å². The molecule has 1 aromatic heterocycles. The quantitative estimate of drug-likeness (QED) is 0.673. The van der Waals surface area contributed by atoms with Crippen molar-refractivity contribution in [3.8, 4) is 0 Å². The summed E-state index contributed by atoms with van der Waals surface area (Å²) in [6.07, 6.45) is 1.02. The Bertz CT molecular complexity index is 509. The minimum absolute atomic E-state index is 0.250. The molecule has 0 bridgehead atoms. The molecule has 1 aliphatic rings. The lowest BCUT2D eigenvalue weighted by atomic mass is 10.4. The fourth-order valence-corrected chi connectivity index (χ4v) is 2.10. The Balaban J connectivity index is 2.44. The van der Waals surface area contributed by atoms with Gasteiger partial charge < -0.3 is 10.2 Å². The number of hydrogen-bond donors (Lipinski definition) is 1. The summed E-state index contributed by atoms with van der Waals surface area (Å²) in [4.78, 5) is 25.6. The van der Waals surface area contributed by atoms with Crippen LogP contribution in [0.25, 0.3) is 0 Å². The van der Waals surface area contributed by atoms with E-state index in [4.69, 9.17) is 0 Å². The summed E-state index contributed by atoms with van der Waals surface area (Å²) in [5.41, 5.74) is -0.523. The highest BCUT2D eigenvalue weighted by Gasteiger charge is 2.14. The highest BCUT2D eigenvalue weighted by molar-refractivity contribution is 5.38. The number of nitrogens with zero attached hydrogens (tertiary/aromatic N) is 3. The normalized spacial score (nSPS) is 16.9. The van der Waals surface area contributed by atoms with Crippen LogP contribution in [0.4, 0.5) is 5.82 Å². The first-order chi connectivity index (χ1) is 8.11. The van der Waals surface area contributed by atoms with Crippen molar-refractivity contribution < 1.29 is 0 Å². The molecule has 0 atom stereocenters. The van der Waals surface area contributed by atoms with Crippen molar-refractivity contribution in [2.75, 3.05) is 31.1 Å². The lowest BCUT2D eigenvalue weighted by Crippen LogP contribution is -2.41. The van der Waals surface area contributed by atoms with Gasteiger partial charge in [-0.3, -0.25) is 13.9 Å². The molecular formula is C11H18N4O2. The van der Waals surface area contributed by atoms with Crippen LogP contribution in [0.2, 0.25) is 0 Å². The first kappa shape index (κ1) is 11.9. The Morgan fingerprint density at radius 2 is 1.88 bits per heavy atom. The number of anilines is 1. The van der Waals surface area contributed by atoms with E-state index in [1.165, 1.54) is 17.7 Å². The maximum absolute atomic E-state index is 11.8. The number of rotatable bonds is 1. The summed E-state index contributed by atoms with van der Waals surface area (Å²) in [6, 6.07) is 1.53. The van der Waals surface area contributed by atoms with Crippen molar-refractivity contribution in [2.24, 2.45) is 14.1 Å². The Morgan fingerprint density at radius 3 is 2.65 bits per heavy atom. The third kappa shape index (κ3) is 2.26. The highest BCUT2D eigenvalue weighted by Crippen LogP contribution is 2.09. The smallest absolute Gasteiger partial charge is 0.332 e. The van der Waals surface area contributed by atoms with E-state index < -0.39 is 0 Å². The van der Waals surface area contributed by atoms with Crippen molar-refractivity contribution in [2.45, 2.75) is 6.42 Å². The van der Waals surface area contributed by atoms with E-state index in [0.717, 1.165) is 37.2 Å². The molecule has 0 spiro atoms. The number of hydrogen-bond acceptors (Lipinski definition) is 4. The van der Waals surface area contributed by atoms with Gasteiger partial charge in [0, 0.05) is 39.8 Å². The van der Waals surface area contributed by atoms with Crippen LogP contribution in [0, 0.1) is 0 Å². The molecule has 0 amide bonds. The van der Waals surface area contributed by atoms with Gasteiger partial charge in [0.25, 0.3) is 5.56 Å². The second-order valence-electron chi connectivity index (χ2n) is 4.33. The van der Waals surface area contributed by atoms with Crippen LogP contribution in [0.3, 0.4) is 0 Å². The van der Waals surface area contributed by atoms with Crippen LogP contribution < -0.4 is 21.5 Å². The van der Waals surface area contributed by atoms with E-state index in [1.807, 2.05) is 0 Å². The Hall–Kier alpha value is -1.56. The summed E-state index contributed by atoms with van der Waals surface area (Å²) < 4.78 is 2.66. The predicted molar refractivity (Wildman–Crippen MR) is 66.6 cm³/mol. The fraction of sp³-hybridized carbons (Fsp3) is 0.636. The topological polar surface area (TPSA) is 59.3 Å². The molecule has 1 aliphatic heterocycles. The third-order valence-corrected chi connectivity index (χ3v) is 3.16. The van der Waals surface area contributed by atoms with Gasteiger partial charge in [0.05, 0.1) is 0 Å². The Labute approximate surface area is 99.5 Å². The molecule has 6 nitrogen and oxygen atoms in total. The Kier molecular flexibility index (Phi) is 3.33. The Morgan fingerprint density at radius 1 is 1.12 bits per heavy atom.